The van der Waals surface area contributed by atoms with Crippen molar-refractivity contribution in [3.63, 3.8) is 0 Å². The maximum absolute atomic E-state index is 12.0. The van der Waals surface area contributed by atoms with Crippen molar-refractivity contribution in [1.82, 2.24) is 5.32 Å². The van der Waals surface area contributed by atoms with E-state index in [0.29, 0.717) is 24.5 Å². The number of halogens is 1. The zero-order chi connectivity index (χ0) is 14.1. The average Bonchev–Trinajstić information content (AvgIpc) is 2.79. The highest BCUT2D eigenvalue weighted by Gasteiger charge is 2.20. The van der Waals surface area contributed by atoms with E-state index in [1.807, 2.05) is 18.2 Å². The number of fused-ring (bicyclic) bond motifs is 1. The molecule has 1 aromatic carbocycles. The molecule has 2 heterocycles. The van der Waals surface area contributed by atoms with Crippen molar-refractivity contribution in [3.8, 4) is 5.75 Å². The highest BCUT2D eigenvalue weighted by Crippen LogP contribution is 2.37. The Morgan fingerprint density at radius 3 is 3.00 bits per heavy atom. The number of hydrogen-bond acceptors (Lipinski definition) is 3. The summed E-state index contributed by atoms with van der Waals surface area (Å²) >= 11 is 5.45. The van der Waals surface area contributed by atoms with E-state index in [9.17, 15) is 4.79 Å². The number of carbonyl (C=O) groups is 1. The Morgan fingerprint density at radius 1 is 1.40 bits per heavy atom. The minimum absolute atomic E-state index is 0.0676. The second-order valence-electron chi connectivity index (χ2n) is 4.69. The van der Waals surface area contributed by atoms with E-state index >= 15 is 0 Å². The molecule has 0 saturated heterocycles. The van der Waals surface area contributed by atoms with Crippen molar-refractivity contribution in [2.24, 2.45) is 0 Å². The van der Waals surface area contributed by atoms with Gasteiger partial charge in [-0.05, 0) is 41.6 Å². The molecule has 1 N–H and O–H groups in total. The topological polar surface area (TPSA) is 38.3 Å². The van der Waals surface area contributed by atoms with Crippen LogP contribution >= 0.6 is 27.3 Å². The van der Waals surface area contributed by atoms with Crippen LogP contribution in [-0.2, 0) is 0 Å². The highest BCUT2D eigenvalue weighted by atomic mass is 79.9. The van der Waals surface area contributed by atoms with Gasteiger partial charge in [0.25, 0.3) is 5.91 Å². The van der Waals surface area contributed by atoms with E-state index < -0.39 is 0 Å². The van der Waals surface area contributed by atoms with E-state index in [-0.39, 0.29) is 10.7 Å². The zero-order valence-corrected chi connectivity index (χ0v) is 13.4. The molecular formula is C15H14BrNO2S. The van der Waals surface area contributed by atoms with Gasteiger partial charge in [0, 0.05) is 4.88 Å². The fourth-order valence-electron chi connectivity index (χ4n) is 2.22. The van der Waals surface area contributed by atoms with Crippen molar-refractivity contribution < 1.29 is 9.53 Å². The van der Waals surface area contributed by atoms with Crippen LogP contribution in [0, 0.1) is 6.92 Å². The molecule has 1 aromatic heterocycles. The SMILES string of the molecule is Cc1ccsc1C(Br)c1ccc2c(c1)C(=O)NCCO2. The maximum atomic E-state index is 12.0. The van der Waals surface area contributed by atoms with Crippen molar-refractivity contribution in [3.05, 3.63) is 51.2 Å². The van der Waals surface area contributed by atoms with Crippen LogP contribution in [0.4, 0.5) is 0 Å². The summed E-state index contributed by atoms with van der Waals surface area (Å²) in [5, 5.41) is 4.92. The number of thiophene rings is 1. The van der Waals surface area contributed by atoms with Gasteiger partial charge in [0.1, 0.15) is 12.4 Å². The molecule has 0 radical (unpaired) electrons. The van der Waals surface area contributed by atoms with Gasteiger partial charge in [0.05, 0.1) is 16.9 Å². The van der Waals surface area contributed by atoms with E-state index in [1.165, 1.54) is 10.4 Å². The first-order chi connectivity index (χ1) is 9.66. The lowest BCUT2D eigenvalue weighted by molar-refractivity contribution is 0.0957. The summed E-state index contributed by atoms with van der Waals surface area (Å²) in [6, 6.07) is 7.91. The molecule has 5 heteroatoms. The number of amides is 1. The normalized spacial score (nSPS) is 15.8. The quantitative estimate of drug-likeness (QED) is 0.838. The Kier molecular flexibility index (Phi) is 3.81. The number of rotatable bonds is 2. The Bertz CT molecular complexity index is 653. The van der Waals surface area contributed by atoms with Crippen LogP contribution in [0.15, 0.2) is 29.6 Å². The Balaban J connectivity index is 2.00. The molecule has 3 nitrogen and oxygen atoms in total. The number of hydrogen-bond donors (Lipinski definition) is 1. The van der Waals surface area contributed by atoms with E-state index in [0.717, 1.165) is 5.56 Å². The monoisotopic (exact) mass is 351 g/mol. The number of aryl methyl sites for hydroxylation is 1. The van der Waals surface area contributed by atoms with Crippen LogP contribution in [0.5, 0.6) is 5.75 Å². The summed E-state index contributed by atoms with van der Waals surface area (Å²) in [6.45, 7) is 3.16. The van der Waals surface area contributed by atoms with E-state index in [4.69, 9.17) is 4.74 Å². The summed E-state index contributed by atoms with van der Waals surface area (Å²) in [6.07, 6.45) is 0. The lowest BCUT2D eigenvalue weighted by atomic mass is 10.0. The summed E-state index contributed by atoms with van der Waals surface area (Å²) in [4.78, 5) is 13.4. The Labute approximate surface area is 130 Å². The Hall–Kier alpha value is -1.33. The number of carbonyl (C=O) groups excluding carboxylic acids is 1. The molecule has 0 spiro atoms. The molecule has 0 aliphatic carbocycles. The molecule has 1 unspecified atom stereocenters. The summed E-state index contributed by atoms with van der Waals surface area (Å²) in [7, 11) is 0. The standard InChI is InChI=1S/C15H14BrNO2S/c1-9-4-7-20-14(9)13(16)10-2-3-12-11(8-10)15(18)17-5-6-19-12/h2-4,7-8,13H,5-6H2,1H3,(H,17,18). The van der Waals surface area contributed by atoms with E-state index in [2.05, 4.69) is 39.6 Å². The number of ether oxygens (including phenoxy) is 1. The van der Waals surface area contributed by atoms with Gasteiger partial charge in [-0.2, -0.15) is 0 Å². The van der Waals surface area contributed by atoms with Crippen LogP contribution in [0.3, 0.4) is 0 Å². The third-order valence-corrected chi connectivity index (χ3v) is 5.69. The molecule has 1 aliphatic rings. The first-order valence-corrected chi connectivity index (χ1v) is 8.19. The molecule has 0 saturated carbocycles. The first-order valence-electron chi connectivity index (χ1n) is 6.40. The van der Waals surface area contributed by atoms with Crippen molar-refractivity contribution in [2.45, 2.75) is 11.8 Å². The summed E-state index contributed by atoms with van der Waals surface area (Å²) in [5.41, 5.74) is 2.93. The second kappa shape index (κ2) is 5.58. The molecule has 0 bridgehead atoms. The number of alkyl halides is 1. The van der Waals surface area contributed by atoms with Gasteiger partial charge in [0.15, 0.2) is 0 Å². The summed E-state index contributed by atoms with van der Waals surface area (Å²) in [5.74, 6) is 0.591. The van der Waals surface area contributed by atoms with Gasteiger partial charge in [-0.15, -0.1) is 11.3 Å². The molecule has 2 aromatic rings. The molecular weight excluding hydrogens is 338 g/mol. The highest BCUT2D eigenvalue weighted by molar-refractivity contribution is 9.09. The third kappa shape index (κ3) is 2.47. The molecule has 3 rings (SSSR count). The minimum Gasteiger partial charge on any atom is -0.491 e. The van der Waals surface area contributed by atoms with E-state index in [1.54, 1.807) is 11.3 Å². The minimum atomic E-state index is -0.0676. The lowest BCUT2D eigenvalue weighted by Crippen LogP contribution is -2.24. The third-order valence-electron chi connectivity index (χ3n) is 3.32. The molecule has 104 valence electrons. The van der Waals surface area contributed by atoms with Crippen molar-refractivity contribution in [1.29, 1.82) is 0 Å². The lowest BCUT2D eigenvalue weighted by Gasteiger charge is -2.13. The van der Waals surface area contributed by atoms with Gasteiger partial charge < -0.3 is 10.1 Å². The molecule has 20 heavy (non-hydrogen) atoms. The molecule has 1 atom stereocenters. The van der Waals surface area contributed by atoms with Crippen LogP contribution in [0.25, 0.3) is 0 Å². The smallest absolute Gasteiger partial charge is 0.255 e. The van der Waals surface area contributed by atoms with Gasteiger partial charge in [-0.3, -0.25) is 4.79 Å². The summed E-state index contributed by atoms with van der Waals surface area (Å²) < 4.78 is 5.57. The van der Waals surface area contributed by atoms with Crippen LogP contribution in [0.2, 0.25) is 0 Å². The fourth-order valence-corrected chi connectivity index (χ4v) is 4.12. The number of nitrogens with one attached hydrogen (secondary N) is 1. The van der Waals surface area contributed by atoms with Crippen molar-refractivity contribution >= 4 is 33.2 Å². The van der Waals surface area contributed by atoms with Gasteiger partial charge in [-0.25, -0.2) is 0 Å². The molecule has 0 fully saturated rings. The predicted molar refractivity (Wildman–Crippen MR) is 84.1 cm³/mol. The van der Waals surface area contributed by atoms with Gasteiger partial charge in [0.2, 0.25) is 0 Å². The maximum Gasteiger partial charge on any atom is 0.255 e. The first kappa shape index (κ1) is 13.6. The van der Waals surface area contributed by atoms with Crippen LogP contribution in [0.1, 0.15) is 31.2 Å². The van der Waals surface area contributed by atoms with Crippen molar-refractivity contribution in [2.75, 3.05) is 13.2 Å². The van der Waals surface area contributed by atoms with Gasteiger partial charge in [-0.1, -0.05) is 22.0 Å². The fraction of sp³-hybridized carbons (Fsp3) is 0.267. The largest absolute Gasteiger partial charge is 0.491 e. The van der Waals surface area contributed by atoms with Crippen LogP contribution < -0.4 is 10.1 Å². The predicted octanol–water partition coefficient (Wildman–Crippen LogP) is 3.66. The van der Waals surface area contributed by atoms with Gasteiger partial charge >= 0.3 is 0 Å². The molecule has 1 aliphatic heterocycles. The second-order valence-corrected chi connectivity index (χ2v) is 6.55. The van der Waals surface area contributed by atoms with Crippen LogP contribution in [-0.4, -0.2) is 19.1 Å². The number of benzene rings is 1. The molecule has 1 amide bonds. The zero-order valence-electron chi connectivity index (χ0n) is 11.0. The Morgan fingerprint density at radius 2 is 2.25 bits per heavy atom. The average molecular weight is 352 g/mol.